The minimum absolute atomic E-state index is 0.0379. The van der Waals surface area contributed by atoms with Crippen LogP contribution in [0.25, 0.3) is 0 Å². The molecule has 7 nitrogen and oxygen atoms in total. The first-order chi connectivity index (χ1) is 15.6. The van der Waals surface area contributed by atoms with Crippen molar-refractivity contribution < 1.29 is 4.79 Å². The highest BCUT2D eigenvalue weighted by Crippen LogP contribution is 2.43. The Kier molecular flexibility index (Phi) is 5.19. The molecule has 0 spiro atoms. The number of anilines is 1. The maximum Gasteiger partial charge on any atom is 0.331 e. The quantitative estimate of drug-likeness (QED) is 0.620. The van der Waals surface area contributed by atoms with Crippen LogP contribution in [0.4, 0.5) is 5.69 Å². The molecule has 2 aliphatic rings. The zero-order valence-corrected chi connectivity index (χ0v) is 18.0. The van der Waals surface area contributed by atoms with Crippen LogP contribution in [0.2, 0.25) is 0 Å². The minimum atomic E-state index is -0.685. The summed E-state index contributed by atoms with van der Waals surface area (Å²) in [5.74, 6) is 0.308. The Hall–Kier alpha value is -3.57. The fraction of sp³-hybridized carbons (Fsp3) is 0.250. The first-order valence-corrected chi connectivity index (χ1v) is 11.4. The predicted molar refractivity (Wildman–Crippen MR) is 122 cm³/mol. The highest BCUT2D eigenvalue weighted by atomic mass is 32.2. The normalized spacial score (nSPS) is 16.8. The fourth-order valence-corrected chi connectivity index (χ4v) is 5.69. The monoisotopic (exact) mass is 444 g/mol. The molecule has 8 heteroatoms. The largest absolute Gasteiger partial charge is 0.331 e. The fourth-order valence-electron chi connectivity index (χ4n) is 4.52. The molecular formula is C24H20N4O3S. The molecule has 3 aromatic rings. The Morgan fingerprint density at radius 1 is 1.09 bits per heavy atom. The lowest BCUT2D eigenvalue weighted by Gasteiger charge is -2.37. The Balaban J connectivity index is 1.60. The first kappa shape index (κ1) is 20.3. The number of amides is 1. The molecule has 0 fully saturated rings. The van der Waals surface area contributed by atoms with Gasteiger partial charge >= 0.3 is 5.69 Å². The van der Waals surface area contributed by atoms with Gasteiger partial charge in [0.15, 0.2) is 0 Å². The van der Waals surface area contributed by atoms with E-state index >= 15 is 0 Å². The van der Waals surface area contributed by atoms with Gasteiger partial charge in [0.05, 0.1) is 11.7 Å². The molecule has 1 atom stereocenters. The van der Waals surface area contributed by atoms with Crippen LogP contribution in [-0.2, 0) is 24.3 Å². The summed E-state index contributed by atoms with van der Waals surface area (Å²) in [7, 11) is 0. The third-order valence-electron chi connectivity index (χ3n) is 6.02. The number of para-hydroxylation sites is 1. The minimum Gasteiger partial charge on any atom is -0.301 e. The SMILES string of the molecule is N#Cc1c2n(c(=O)n(CC(=O)N3c4ccccc4SCC3c3ccccc3)c1=O)CCC2. The summed E-state index contributed by atoms with van der Waals surface area (Å²) in [4.78, 5) is 42.3. The summed E-state index contributed by atoms with van der Waals surface area (Å²) in [6.07, 6.45) is 1.23. The number of hydrogen-bond acceptors (Lipinski definition) is 5. The number of thioether (sulfide) groups is 1. The summed E-state index contributed by atoms with van der Waals surface area (Å²) in [5, 5.41) is 9.52. The van der Waals surface area contributed by atoms with Gasteiger partial charge in [-0.25, -0.2) is 9.36 Å². The second-order valence-corrected chi connectivity index (χ2v) is 8.89. The maximum atomic E-state index is 13.6. The lowest BCUT2D eigenvalue weighted by molar-refractivity contribution is -0.119. The Labute approximate surface area is 188 Å². The van der Waals surface area contributed by atoms with Crippen molar-refractivity contribution in [2.24, 2.45) is 0 Å². The molecule has 3 heterocycles. The van der Waals surface area contributed by atoms with Crippen LogP contribution in [0.15, 0.2) is 69.1 Å². The van der Waals surface area contributed by atoms with E-state index in [2.05, 4.69) is 0 Å². The van der Waals surface area contributed by atoms with Crippen LogP contribution in [0.5, 0.6) is 0 Å². The molecule has 0 saturated carbocycles. The molecule has 0 N–H and O–H groups in total. The predicted octanol–water partition coefficient (Wildman–Crippen LogP) is 2.71. The summed E-state index contributed by atoms with van der Waals surface area (Å²) < 4.78 is 2.38. The Bertz CT molecular complexity index is 1370. The van der Waals surface area contributed by atoms with Gasteiger partial charge in [-0.05, 0) is 30.5 Å². The topological polar surface area (TPSA) is 88.1 Å². The van der Waals surface area contributed by atoms with Gasteiger partial charge in [-0.15, -0.1) is 11.8 Å². The van der Waals surface area contributed by atoms with E-state index in [1.807, 2.05) is 60.7 Å². The third kappa shape index (κ3) is 3.26. The third-order valence-corrected chi connectivity index (χ3v) is 7.16. The van der Waals surface area contributed by atoms with E-state index in [1.54, 1.807) is 16.7 Å². The van der Waals surface area contributed by atoms with Gasteiger partial charge in [-0.1, -0.05) is 42.5 Å². The highest BCUT2D eigenvalue weighted by Gasteiger charge is 2.33. The van der Waals surface area contributed by atoms with E-state index in [0.717, 1.165) is 20.7 Å². The first-order valence-electron chi connectivity index (χ1n) is 10.5. The van der Waals surface area contributed by atoms with Crippen LogP contribution in [0, 0.1) is 11.3 Å². The van der Waals surface area contributed by atoms with Crippen LogP contribution in [0.3, 0.4) is 0 Å². The molecule has 2 aliphatic heterocycles. The molecule has 2 aromatic carbocycles. The molecular weight excluding hydrogens is 424 g/mol. The van der Waals surface area contributed by atoms with E-state index in [4.69, 9.17) is 0 Å². The van der Waals surface area contributed by atoms with Gasteiger partial charge in [0.25, 0.3) is 5.56 Å². The number of rotatable bonds is 3. The van der Waals surface area contributed by atoms with Crippen molar-refractivity contribution in [3.05, 3.63) is 92.3 Å². The van der Waals surface area contributed by atoms with Gasteiger partial charge < -0.3 is 4.90 Å². The number of carbonyl (C=O) groups excluding carboxylic acids is 1. The number of carbonyl (C=O) groups is 1. The van der Waals surface area contributed by atoms with Crippen molar-refractivity contribution >= 4 is 23.4 Å². The van der Waals surface area contributed by atoms with E-state index in [0.29, 0.717) is 30.8 Å². The van der Waals surface area contributed by atoms with Crippen LogP contribution < -0.4 is 16.1 Å². The summed E-state index contributed by atoms with van der Waals surface area (Å²) >= 11 is 1.68. The maximum absolute atomic E-state index is 13.6. The number of nitriles is 1. The highest BCUT2D eigenvalue weighted by molar-refractivity contribution is 7.99. The van der Waals surface area contributed by atoms with Crippen molar-refractivity contribution in [2.75, 3.05) is 10.7 Å². The summed E-state index contributed by atoms with van der Waals surface area (Å²) in [6, 6.07) is 19.1. The molecule has 1 aromatic heterocycles. The van der Waals surface area contributed by atoms with Crippen molar-refractivity contribution in [2.45, 2.75) is 36.9 Å². The summed E-state index contributed by atoms with van der Waals surface area (Å²) in [6.45, 7) is 0.0438. The van der Waals surface area contributed by atoms with Crippen LogP contribution in [-0.4, -0.2) is 20.8 Å². The zero-order valence-electron chi connectivity index (χ0n) is 17.2. The van der Waals surface area contributed by atoms with Gasteiger partial charge in [0, 0.05) is 22.9 Å². The van der Waals surface area contributed by atoms with E-state index in [-0.39, 0.29) is 17.5 Å². The van der Waals surface area contributed by atoms with Crippen LogP contribution >= 0.6 is 11.8 Å². The molecule has 32 heavy (non-hydrogen) atoms. The van der Waals surface area contributed by atoms with Gasteiger partial charge in [0.2, 0.25) is 5.91 Å². The second-order valence-electron chi connectivity index (χ2n) is 7.83. The molecule has 1 unspecified atom stereocenters. The van der Waals surface area contributed by atoms with Gasteiger partial charge in [-0.3, -0.25) is 14.2 Å². The van der Waals surface area contributed by atoms with Crippen molar-refractivity contribution in [3.8, 4) is 6.07 Å². The second kappa shape index (κ2) is 8.17. The average molecular weight is 445 g/mol. The molecule has 0 aliphatic carbocycles. The number of benzene rings is 2. The number of fused-ring (bicyclic) bond motifs is 2. The number of aromatic nitrogens is 2. The summed E-state index contributed by atoms with van der Waals surface area (Å²) in [5.41, 5.74) is 0.980. The Morgan fingerprint density at radius 3 is 2.62 bits per heavy atom. The molecule has 0 radical (unpaired) electrons. The van der Waals surface area contributed by atoms with Crippen molar-refractivity contribution in [1.82, 2.24) is 9.13 Å². The van der Waals surface area contributed by atoms with Crippen LogP contribution in [0.1, 0.15) is 29.3 Å². The number of hydrogen-bond donors (Lipinski definition) is 0. The smallest absolute Gasteiger partial charge is 0.301 e. The molecule has 160 valence electrons. The van der Waals surface area contributed by atoms with E-state index < -0.39 is 17.8 Å². The molecule has 0 bridgehead atoms. The van der Waals surface area contributed by atoms with E-state index in [9.17, 15) is 19.6 Å². The van der Waals surface area contributed by atoms with Crippen molar-refractivity contribution in [3.63, 3.8) is 0 Å². The zero-order chi connectivity index (χ0) is 22.2. The lowest BCUT2D eigenvalue weighted by atomic mass is 10.1. The van der Waals surface area contributed by atoms with Gasteiger partial charge in [-0.2, -0.15) is 5.26 Å². The molecule has 5 rings (SSSR count). The van der Waals surface area contributed by atoms with E-state index in [1.165, 1.54) is 4.57 Å². The average Bonchev–Trinajstić information content (AvgIpc) is 3.31. The number of nitrogens with zero attached hydrogens (tertiary/aromatic N) is 4. The molecule has 0 saturated heterocycles. The van der Waals surface area contributed by atoms with Crippen molar-refractivity contribution in [1.29, 1.82) is 5.26 Å². The standard InChI is InChI=1S/C24H20N4O3S/c25-13-17-18-10-6-12-26(18)24(31)27(23(17)30)14-22(29)28-19-9-4-5-11-21(19)32-15-20(28)16-7-2-1-3-8-16/h1-5,7-9,11,20H,6,10,12,14-15H2. The molecule has 1 amide bonds. The lowest BCUT2D eigenvalue weighted by Crippen LogP contribution is -2.47. The Morgan fingerprint density at radius 2 is 1.84 bits per heavy atom. The van der Waals surface area contributed by atoms with Gasteiger partial charge in [0.1, 0.15) is 18.2 Å².